The number of nitrogens with one attached hydrogen (secondary N) is 4. The Hall–Kier alpha value is -3.76. The monoisotopic (exact) mass is 470 g/mol. The van der Waals surface area contributed by atoms with E-state index in [2.05, 4.69) is 21.3 Å². The lowest BCUT2D eigenvalue weighted by Crippen LogP contribution is -2.46. The summed E-state index contributed by atoms with van der Waals surface area (Å²) in [5, 5.41) is 29.4. The van der Waals surface area contributed by atoms with Crippen molar-refractivity contribution in [1.29, 1.82) is 0 Å². The van der Waals surface area contributed by atoms with Gasteiger partial charge in [0.2, 0.25) is 11.7 Å². The number of para-hydroxylation sites is 1. The van der Waals surface area contributed by atoms with Crippen molar-refractivity contribution in [3.63, 3.8) is 0 Å². The molecule has 34 heavy (non-hydrogen) atoms. The lowest BCUT2D eigenvalue weighted by Gasteiger charge is -2.27. The molecule has 0 fully saturated rings. The maximum Gasteiger partial charge on any atom is 0.323 e. The molecule has 0 aliphatic rings. The number of ketones is 1. The van der Waals surface area contributed by atoms with Crippen LogP contribution in [0.1, 0.15) is 25.8 Å². The zero-order chi connectivity index (χ0) is 25.1. The van der Waals surface area contributed by atoms with E-state index in [1.807, 2.05) is 18.2 Å². The Bertz CT molecular complexity index is 992. The first-order valence-electron chi connectivity index (χ1n) is 10.7. The summed E-state index contributed by atoms with van der Waals surface area (Å²) in [5.74, 6) is -2.24. The fourth-order valence-electron chi connectivity index (χ4n) is 2.75. The van der Waals surface area contributed by atoms with E-state index in [1.165, 1.54) is 13.8 Å². The quantitative estimate of drug-likeness (QED) is 0.273. The molecule has 0 heterocycles. The van der Waals surface area contributed by atoms with E-state index in [-0.39, 0.29) is 26.1 Å². The average Bonchev–Trinajstić information content (AvgIpc) is 2.83. The Kier molecular flexibility index (Phi) is 9.72. The zero-order valence-electron chi connectivity index (χ0n) is 19.1. The summed E-state index contributed by atoms with van der Waals surface area (Å²) in [4.78, 5) is 47.9. The van der Waals surface area contributed by atoms with Gasteiger partial charge in [0.05, 0.1) is 6.61 Å². The van der Waals surface area contributed by atoms with Crippen LogP contribution < -0.4 is 21.3 Å². The number of anilines is 2. The zero-order valence-corrected chi connectivity index (χ0v) is 19.1. The summed E-state index contributed by atoms with van der Waals surface area (Å²) in [6.45, 7) is 2.66. The van der Waals surface area contributed by atoms with Gasteiger partial charge in [-0.3, -0.25) is 14.4 Å². The number of aliphatic hydroxyl groups is 2. The number of amides is 4. The highest BCUT2D eigenvalue weighted by atomic mass is 16.3. The molecule has 4 amide bonds. The van der Waals surface area contributed by atoms with Crippen LogP contribution in [0.3, 0.4) is 0 Å². The van der Waals surface area contributed by atoms with Crippen LogP contribution in [0.4, 0.5) is 16.2 Å². The number of Topliss-reactive ketones (excluding diaryl/α,β-unsaturated/α-hetero) is 1. The van der Waals surface area contributed by atoms with E-state index < -0.39 is 35.1 Å². The Balaban J connectivity index is 1.72. The lowest BCUT2D eigenvalue weighted by atomic mass is 9.87. The molecule has 0 aliphatic carbocycles. The fourth-order valence-corrected chi connectivity index (χ4v) is 2.75. The Morgan fingerprint density at radius 3 is 2.06 bits per heavy atom. The van der Waals surface area contributed by atoms with Gasteiger partial charge in [-0.15, -0.1) is 0 Å². The van der Waals surface area contributed by atoms with Gasteiger partial charge in [-0.1, -0.05) is 44.2 Å². The highest BCUT2D eigenvalue weighted by Crippen LogP contribution is 2.19. The molecule has 1 unspecified atom stereocenters. The van der Waals surface area contributed by atoms with Crippen molar-refractivity contribution in [2.24, 2.45) is 5.41 Å². The predicted molar refractivity (Wildman–Crippen MR) is 127 cm³/mol. The molecule has 0 aromatic heterocycles. The maximum absolute atomic E-state index is 12.0. The number of carbonyl (C=O) groups excluding carboxylic acids is 4. The molecule has 0 radical (unpaired) electrons. The molecule has 1 atom stereocenters. The van der Waals surface area contributed by atoms with Crippen molar-refractivity contribution in [2.75, 3.05) is 23.8 Å². The fraction of sp³-hybridized carbons (Fsp3) is 0.333. The van der Waals surface area contributed by atoms with Crippen LogP contribution in [0, 0.1) is 5.41 Å². The minimum atomic E-state index is -1.44. The van der Waals surface area contributed by atoms with Crippen LogP contribution in [-0.4, -0.2) is 53.1 Å². The highest BCUT2D eigenvalue weighted by molar-refractivity contribution is 6.36. The summed E-state index contributed by atoms with van der Waals surface area (Å²) >= 11 is 0. The lowest BCUT2D eigenvalue weighted by molar-refractivity contribution is -0.139. The van der Waals surface area contributed by atoms with Crippen LogP contribution >= 0.6 is 0 Å². The standard InChI is InChI=1S/C24H30N4O6/c1-24(2,15-29)20(31)22(33)25-13-12-19(30)21(32)26-14-16-8-10-18(11-9-16)28-23(34)27-17-6-4-3-5-7-17/h3-11,20,29,31H,12-15H2,1-2H3,(H,25,33)(H,26,32)(H2,27,28,34). The number of aliphatic hydroxyl groups excluding tert-OH is 2. The molecule has 0 saturated carbocycles. The Morgan fingerprint density at radius 1 is 0.882 bits per heavy atom. The van der Waals surface area contributed by atoms with Gasteiger partial charge in [-0.25, -0.2) is 4.79 Å². The average molecular weight is 471 g/mol. The molecule has 182 valence electrons. The number of hydrogen-bond acceptors (Lipinski definition) is 6. The van der Waals surface area contributed by atoms with Gasteiger partial charge in [0, 0.05) is 36.3 Å². The largest absolute Gasteiger partial charge is 0.396 e. The van der Waals surface area contributed by atoms with Crippen molar-refractivity contribution >= 4 is 35.0 Å². The van der Waals surface area contributed by atoms with Gasteiger partial charge in [0.25, 0.3) is 5.91 Å². The van der Waals surface area contributed by atoms with E-state index >= 15 is 0 Å². The summed E-state index contributed by atoms with van der Waals surface area (Å²) in [6, 6.07) is 15.3. The van der Waals surface area contributed by atoms with Gasteiger partial charge >= 0.3 is 6.03 Å². The third-order valence-corrected chi connectivity index (χ3v) is 5.00. The number of urea groups is 1. The number of hydrogen-bond donors (Lipinski definition) is 6. The normalized spacial score (nSPS) is 11.8. The maximum atomic E-state index is 12.0. The molecule has 2 aromatic rings. The molecule has 0 aliphatic heterocycles. The first-order chi connectivity index (χ1) is 16.1. The van der Waals surface area contributed by atoms with Gasteiger partial charge < -0.3 is 31.5 Å². The van der Waals surface area contributed by atoms with Crippen LogP contribution in [0.25, 0.3) is 0 Å². The first-order valence-corrected chi connectivity index (χ1v) is 10.7. The minimum Gasteiger partial charge on any atom is -0.396 e. The van der Waals surface area contributed by atoms with E-state index in [0.717, 1.165) is 5.56 Å². The third kappa shape index (κ3) is 8.30. The second kappa shape index (κ2) is 12.5. The molecular formula is C24H30N4O6. The molecule has 2 aromatic carbocycles. The van der Waals surface area contributed by atoms with Crippen LogP contribution in [0.2, 0.25) is 0 Å². The number of carbonyl (C=O) groups is 4. The third-order valence-electron chi connectivity index (χ3n) is 5.00. The van der Waals surface area contributed by atoms with Crippen molar-refractivity contribution in [2.45, 2.75) is 32.9 Å². The summed E-state index contributed by atoms with van der Waals surface area (Å²) in [5.41, 5.74) is 0.913. The molecule has 0 bridgehead atoms. The second-order valence-electron chi connectivity index (χ2n) is 8.34. The summed E-state index contributed by atoms with van der Waals surface area (Å²) < 4.78 is 0. The predicted octanol–water partition coefficient (Wildman–Crippen LogP) is 1.40. The van der Waals surface area contributed by atoms with Gasteiger partial charge in [-0.2, -0.15) is 0 Å². The first kappa shape index (κ1) is 26.5. The van der Waals surface area contributed by atoms with E-state index in [4.69, 9.17) is 0 Å². The number of benzene rings is 2. The summed E-state index contributed by atoms with van der Waals surface area (Å²) in [6.07, 6.45) is -1.67. The van der Waals surface area contributed by atoms with Crippen LogP contribution in [-0.2, 0) is 20.9 Å². The van der Waals surface area contributed by atoms with E-state index in [0.29, 0.717) is 11.4 Å². The molecule has 10 heteroatoms. The van der Waals surface area contributed by atoms with Crippen LogP contribution in [0.5, 0.6) is 0 Å². The topological polar surface area (TPSA) is 157 Å². The molecule has 6 N–H and O–H groups in total. The van der Waals surface area contributed by atoms with Crippen LogP contribution in [0.15, 0.2) is 54.6 Å². The Morgan fingerprint density at radius 2 is 1.47 bits per heavy atom. The van der Waals surface area contributed by atoms with E-state index in [9.17, 15) is 29.4 Å². The minimum absolute atomic E-state index is 0.108. The number of rotatable bonds is 11. The highest BCUT2D eigenvalue weighted by Gasteiger charge is 2.32. The van der Waals surface area contributed by atoms with Gasteiger partial charge in [0.1, 0.15) is 6.10 Å². The van der Waals surface area contributed by atoms with Gasteiger partial charge in [-0.05, 0) is 29.8 Å². The van der Waals surface area contributed by atoms with Crippen molar-refractivity contribution in [3.05, 3.63) is 60.2 Å². The molecule has 2 rings (SSSR count). The second-order valence-corrected chi connectivity index (χ2v) is 8.34. The van der Waals surface area contributed by atoms with Crippen molar-refractivity contribution < 1.29 is 29.4 Å². The van der Waals surface area contributed by atoms with Crippen molar-refractivity contribution in [3.8, 4) is 0 Å². The van der Waals surface area contributed by atoms with E-state index in [1.54, 1.807) is 36.4 Å². The molecule has 0 spiro atoms. The van der Waals surface area contributed by atoms with Crippen molar-refractivity contribution in [1.82, 2.24) is 10.6 Å². The van der Waals surface area contributed by atoms with Gasteiger partial charge in [0.15, 0.2) is 0 Å². The Labute approximate surface area is 197 Å². The SMILES string of the molecule is CC(C)(CO)C(O)C(=O)NCCC(=O)C(=O)NCc1ccc(NC(=O)Nc2ccccc2)cc1. The molecular weight excluding hydrogens is 440 g/mol. The summed E-state index contributed by atoms with van der Waals surface area (Å²) in [7, 11) is 0. The smallest absolute Gasteiger partial charge is 0.323 e. The molecule has 0 saturated heterocycles. The molecule has 10 nitrogen and oxygen atoms in total.